The highest BCUT2D eigenvalue weighted by Crippen LogP contribution is 2.30. The topological polar surface area (TPSA) is 119 Å². The molecule has 18 heavy (non-hydrogen) atoms. The Bertz CT molecular complexity index is 572. The van der Waals surface area contributed by atoms with Crippen LogP contribution in [0.1, 0.15) is 12.6 Å². The van der Waals surface area contributed by atoms with Gasteiger partial charge in [0.1, 0.15) is 24.2 Å². The Balaban J connectivity index is 1.99. The van der Waals surface area contributed by atoms with Crippen LogP contribution in [0.2, 0.25) is 0 Å². The molecule has 96 valence electrons. The second-order valence-corrected chi connectivity index (χ2v) is 4.20. The molecule has 0 amide bonds. The number of nitrogens with zero attached hydrogens (tertiary/aromatic N) is 4. The summed E-state index contributed by atoms with van der Waals surface area (Å²) >= 11 is 0. The van der Waals surface area contributed by atoms with E-state index in [2.05, 4.69) is 15.0 Å². The van der Waals surface area contributed by atoms with Gasteiger partial charge in [0.25, 0.3) is 0 Å². The van der Waals surface area contributed by atoms with Crippen LogP contribution in [-0.4, -0.2) is 48.5 Å². The molecule has 0 bridgehead atoms. The van der Waals surface area contributed by atoms with Crippen molar-refractivity contribution in [2.45, 2.75) is 24.9 Å². The van der Waals surface area contributed by atoms with Gasteiger partial charge < -0.3 is 20.7 Å². The first-order valence-corrected chi connectivity index (χ1v) is 5.58. The van der Waals surface area contributed by atoms with Gasteiger partial charge in [-0.3, -0.25) is 4.57 Å². The Morgan fingerprint density at radius 3 is 3.00 bits per heavy atom. The fourth-order valence-electron chi connectivity index (χ4n) is 2.13. The van der Waals surface area contributed by atoms with Crippen molar-refractivity contribution in [1.29, 1.82) is 0 Å². The fraction of sp³-hybridized carbons (Fsp3) is 0.500. The minimum atomic E-state index is -0.698. The predicted molar refractivity (Wildman–Crippen MR) is 61.4 cm³/mol. The maximum absolute atomic E-state index is 9.71. The summed E-state index contributed by atoms with van der Waals surface area (Å²) in [6.45, 7) is -0.221. The molecular formula is C10H13N5O3. The Morgan fingerprint density at radius 2 is 2.28 bits per heavy atom. The maximum Gasteiger partial charge on any atom is 0.167 e. The van der Waals surface area contributed by atoms with Crippen molar-refractivity contribution in [3.05, 3.63) is 12.7 Å². The first-order chi connectivity index (χ1) is 8.70. The molecule has 2 aromatic rings. The third-order valence-corrected chi connectivity index (χ3v) is 3.08. The van der Waals surface area contributed by atoms with Crippen molar-refractivity contribution in [1.82, 2.24) is 19.5 Å². The quantitative estimate of drug-likeness (QED) is 0.591. The van der Waals surface area contributed by atoms with Gasteiger partial charge in [-0.2, -0.15) is 0 Å². The van der Waals surface area contributed by atoms with E-state index in [9.17, 15) is 5.11 Å². The summed E-state index contributed by atoms with van der Waals surface area (Å²) in [4.78, 5) is 12.1. The molecule has 0 aromatic carbocycles. The van der Waals surface area contributed by atoms with E-state index < -0.39 is 18.4 Å². The van der Waals surface area contributed by atoms with E-state index in [-0.39, 0.29) is 6.61 Å². The summed E-state index contributed by atoms with van der Waals surface area (Å²) < 4.78 is 7.22. The molecule has 1 aliphatic rings. The lowest BCUT2D eigenvalue weighted by atomic mass is 10.2. The smallest absolute Gasteiger partial charge is 0.167 e. The zero-order valence-electron chi connectivity index (χ0n) is 9.47. The number of ether oxygens (including phenoxy) is 1. The molecule has 0 unspecified atom stereocenters. The third-order valence-electron chi connectivity index (χ3n) is 3.08. The Labute approximate surface area is 102 Å². The zero-order valence-corrected chi connectivity index (χ0v) is 9.47. The van der Waals surface area contributed by atoms with Crippen LogP contribution in [0.25, 0.3) is 11.2 Å². The van der Waals surface area contributed by atoms with E-state index >= 15 is 0 Å². The normalized spacial score (nSPS) is 28.0. The number of aromatic nitrogens is 4. The molecule has 3 rings (SSSR count). The maximum atomic E-state index is 9.71. The van der Waals surface area contributed by atoms with Gasteiger partial charge in [0, 0.05) is 6.42 Å². The zero-order chi connectivity index (χ0) is 12.7. The van der Waals surface area contributed by atoms with Crippen LogP contribution in [0, 0.1) is 0 Å². The number of rotatable bonds is 2. The first kappa shape index (κ1) is 11.3. The van der Waals surface area contributed by atoms with Crippen LogP contribution in [-0.2, 0) is 4.74 Å². The Kier molecular flexibility index (Phi) is 2.62. The number of nitrogens with two attached hydrogens (primary N) is 1. The largest absolute Gasteiger partial charge is 0.394 e. The van der Waals surface area contributed by atoms with Crippen molar-refractivity contribution in [3.8, 4) is 0 Å². The highest BCUT2D eigenvalue weighted by Gasteiger charge is 2.35. The van der Waals surface area contributed by atoms with Crippen molar-refractivity contribution >= 4 is 17.0 Å². The van der Waals surface area contributed by atoms with Crippen LogP contribution in [0.3, 0.4) is 0 Å². The van der Waals surface area contributed by atoms with Gasteiger partial charge in [0.2, 0.25) is 0 Å². The molecule has 2 aromatic heterocycles. The lowest BCUT2D eigenvalue weighted by molar-refractivity contribution is -0.0432. The number of imidazole rings is 1. The van der Waals surface area contributed by atoms with E-state index in [4.69, 9.17) is 15.6 Å². The van der Waals surface area contributed by atoms with Gasteiger partial charge in [0.05, 0.1) is 19.0 Å². The van der Waals surface area contributed by atoms with Crippen LogP contribution >= 0.6 is 0 Å². The summed E-state index contributed by atoms with van der Waals surface area (Å²) in [7, 11) is 0. The van der Waals surface area contributed by atoms with Crippen molar-refractivity contribution < 1.29 is 14.9 Å². The number of hydrogen-bond donors (Lipinski definition) is 3. The van der Waals surface area contributed by atoms with E-state index in [0.717, 1.165) is 0 Å². The standard InChI is InChI=1S/C10H13N5O3/c11-9-8-10(13-3-12-9)15(4-14-8)7-1-5(17)6(2-16)18-7/h3-7,16-17H,1-2H2,(H2,11,12,13)/t5-,6+,7+/m0/s1/i11+1,12+1,14+1. The fourth-order valence-corrected chi connectivity index (χ4v) is 2.13. The van der Waals surface area contributed by atoms with Gasteiger partial charge in [-0.15, -0.1) is 0 Å². The highest BCUT2D eigenvalue weighted by atomic mass is 16.5. The minimum absolute atomic E-state index is 0.221. The SMILES string of the molecule is [15NH2]c1[15n]cnc2c1[15n]cn2[C@H]1C[C@H](O)[C@@H](CO)O1. The van der Waals surface area contributed by atoms with Gasteiger partial charge in [-0.1, -0.05) is 0 Å². The van der Waals surface area contributed by atoms with Crippen molar-refractivity contribution in [3.63, 3.8) is 0 Å². The molecule has 0 spiro atoms. The molecule has 1 saturated heterocycles. The van der Waals surface area contributed by atoms with Gasteiger partial charge in [-0.25, -0.2) is 15.0 Å². The Hall–Kier alpha value is -1.77. The van der Waals surface area contributed by atoms with E-state index in [1.54, 1.807) is 10.9 Å². The number of fused-ring (bicyclic) bond motifs is 1. The summed E-state index contributed by atoms with van der Waals surface area (Å²) in [5.74, 6) is 0.302. The van der Waals surface area contributed by atoms with Crippen LogP contribution < -0.4 is 5.73 Å². The minimum Gasteiger partial charge on any atom is -0.394 e. The number of aliphatic hydroxyl groups is 2. The van der Waals surface area contributed by atoms with E-state index in [0.29, 0.717) is 23.4 Å². The number of aliphatic hydroxyl groups excluding tert-OH is 2. The molecule has 1 fully saturated rings. The third kappa shape index (κ3) is 1.62. The molecule has 0 aliphatic carbocycles. The number of nitrogen functional groups attached to an aromatic ring is 1. The second-order valence-electron chi connectivity index (χ2n) is 4.20. The number of hydrogen-bond acceptors (Lipinski definition) is 7. The monoisotopic (exact) mass is 254 g/mol. The molecule has 1 aliphatic heterocycles. The first-order valence-electron chi connectivity index (χ1n) is 5.58. The molecule has 8 heteroatoms. The van der Waals surface area contributed by atoms with E-state index in [1.165, 1.54) is 6.33 Å². The van der Waals surface area contributed by atoms with Crippen molar-refractivity contribution in [2.75, 3.05) is 12.3 Å². The molecule has 4 N–H and O–H groups in total. The predicted octanol–water partition coefficient (Wildman–Crippen LogP) is -0.951. The average molecular weight is 254 g/mol. The summed E-state index contributed by atoms with van der Waals surface area (Å²) in [5.41, 5.74) is 6.75. The molecule has 3 atom stereocenters. The lowest BCUT2D eigenvalue weighted by Gasteiger charge is -2.13. The summed E-state index contributed by atoms with van der Waals surface area (Å²) in [6, 6.07) is 0. The molecule has 0 radical (unpaired) electrons. The second kappa shape index (κ2) is 4.16. The van der Waals surface area contributed by atoms with Crippen LogP contribution in [0.15, 0.2) is 12.7 Å². The summed E-state index contributed by atoms with van der Waals surface area (Å²) in [5, 5.41) is 18.8. The van der Waals surface area contributed by atoms with E-state index in [1.807, 2.05) is 0 Å². The van der Waals surface area contributed by atoms with Crippen molar-refractivity contribution in [2.24, 2.45) is 0 Å². The molecule has 3 heterocycles. The molecular weight excluding hydrogens is 241 g/mol. The highest BCUT2D eigenvalue weighted by molar-refractivity contribution is 5.81. The lowest BCUT2D eigenvalue weighted by Crippen LogP contribution is -2.24. The van der Waals surface area contributed by atoms with Gasteiger partial charge >= 0.3 is 0 Å². The van der Waals surface area contributed by atoms with Gasteiger partial charge in [0.15, 0.2) is 11.5 Å². The van der Waals surface area contributed by atoms with Gasteiger partial charge in [-0.05, 0) is 0 Å². The van der Waals surface area contributed by atoms with Crippen LogP contribution in [0.5, 0.6) is 0 Å². The summed E-state index contributed by atoms with van der Waals surface area (Å²) in [6.07, 6.45) is 1.60. The molecule has 0 saturated carbocycles. The van der Waals surface area contributed by atoms with Crippen LogP contribution in [0.4, 0.5) is 5.82 Å². The number of anilines is 1. The Morgan fingerprint density at radius 1 is 1.44 bits per heavy atom. The molecule has 8 nitrogen and oxygen atoms in total. The average Bonchev–Trinajstić information content (AvgIpc) is 2.93.